The number of benzene rings is 2. The van der Waals surface area contributed by atoms with E-state index in [2.05, 4.69) is 40.6 Å². The maximum Gasteiger partial charge on any atom is 0.318 e. The summed E-state index contributed by atoms with van der Waals surface area (Å²) in [5.74, 6) is 1.54. The van der Waals surface area contributed by atoms with E-state index in [0.717, 1.165) is 35.3 Å². The van der Waals surface area contributed by atoms with Crippen molar-refractivity contribution in [1.82, 2.24) is 15.2 Å². The molecule has 2 aromatic carbocycles. The fraction of sp³-hybridized carbons (Fsp3) is 0.406. The zero-order valence-electron chi connectivity index (χ0n) is 22.8. The molecule has 0 saturated heterocycles. The molecule has 1 N–H and O–H groups in total. The highest BCUT2D eigenvalue weighted by molar-refractivity contribution is 5.85. The normalized spacial score (nSPS) is 18.5. The summed E-state index contributed by atoms with van der Waals surface area (Å²) in [5, 5.41) is 3.11. The van der Waals surface area contributed by atoms with Crippen molar-refractivity contribution in [2.24, 2.45) is 5.92 Å². The number of fused-ring (bicyclic) bond motifs is 1. The highest BCUT2D eigenvalue weighted by Crippen LogP contribution is 2.48. The van der Waals surface area contributed by atoms with Crippen molar-refractivity contribution in [3.05, 3.63) is 83.2 Å². The van der Waals surface area contributed by atoms with Gasteiger partial charge in [0.1, 0.15) is 11.5 Å². The van der Waals surface area contributed by atoms with Crippen molar-refractivity contribution >= 4 is 11.8 Å². The quantitative estimate of drug-likeness (QED) is 0.427. The number of rotatable bonds is 7. The molecule has 1 aliphatic heterocycles. The molecule has 1 saturated carbocycles. The van der Waals surface area contributed by atoms with Gasteiger partial charge in [-0.25, -0.2) is 4.79 Å². The van der Waals surface area contributed by atoms with Crippen LogP contribution in [0.2, 0.25) is 0 Å². The van der Waals surface area contributed by atoms with Crippen molar-refractivity contribution in [2.45, 2.75) is 64.5 Å². The zero-order chi connectivity index (χ0) is 26.9. The summed E-state index contributed by atoms with van der Waals surface area (Å²) in [6.07, 6.45) is 6.53. The predicted octanol–water partition coefficient (Wildman–Crippen LogP) is 5.93. The maximum atomic E-state index is 13.1. The number of urea groups is 1. The molecule has 6 nitrogen and oxygen atoms in total. The van der Waals surface area contributed by atoms with E-state index in [0.29, 0.717) is 37.6 Å². The average Bonchev–Trinajstić information content (AvgIpc) is 3.72. The number of aromatic nitrogens is 1. The minimum Gasteiger partial charge on any atom is -0.497 e. The number of hydrogen-bond acceptors (Lipinski definition) is 4. The molecular weight excluding hydrogens is 474 g/mol. The Morgan fingerprint density at radius 1 is 1.11 bits per heavy atom. The van der Waals surface area contributed by atoms with E-state index >= 15 is 0 Å². The molecule has 0 bridgehead atoms. The molecule has 1 aromatic heterocycles. The van der Waals surface area contributed by atoms with Gasteiger partial charge in [0.05, 0.1) is 7.11 Å². The van der Waals surface area contributed by atoms with Crippen LogP contribution in [0.15, 0.2) is 60.9 Å². The summed E-state index contributed by atoms with van der Waals surface area (Å²) < 4.78 is 5.47. The van der Waals surface area contributed by atoms with E-state index in [-0.39, 0.29) is 17.5 Å². The lowest BCUT2D eigenvalue weighted by molar-refractivity contribution is -0.120. The van der Waals surface area contributed by atoms with Crippen LogP contribution in [0.3, 0.4) is 0 Å². The van der Waals surface area contributed by atoms with Crippen LogP contribution in [0.1, 0.15) is 61.8 Å². The number of hydrogen-bond donors (Lipinski definition) is 1. The van der Waals surface area contributed by atoms with Crippen LogP contribution < -0.4 is 10.1 Å². The molecule has 0 spiro atoms. The Balaban J connectivity index is 1.38. The maximum absolute atomic E-state index is 13.1. The average molecular weight is 512 g/mol. The number of Topliss-reactive ketones (excluding diaryl/α,β-unsaturated/α-hetero) is 1. The fourth-order valence-electron chi connectivity index (χ4n) is 5.57. The van der Waals surface area contributed by atoms with Crippen molar-refractivity contribution in [3.63, 3.8) is 0 Å². The summed E-state index contributed by atoms with van der Waals surface area (Å²) in [5.41, 5.74) is 6.73. The Morgan fingerprint density at radius 2 is 1.95 bits per heavy atom. The summed E-state index contributed by atoms with van der Waals surface area (Å²) in [6.45, 7) is 7.19. The molecule has 6 heteroatoms. The molecule has 1 fully saturated rings. The molecule has 2 aliphatic rings. The lowest BCUT2D eigenvalue weighted by Gasteiger charge is -2.34. The van der Waals surface area contributed by atoms with E-state index in [9.17, 15) is 9.59 Å². The molecule has 5 rings (SSSR count). The Labute approximate surface area is 225 Å². The van der Waals surface area contributed by atoms with Crippen LogP contribution in [-0.2, 0) is 24.2 Å². The van der Waals surface area contributed by atoms with Crippen LogP contribution in [0.25, 0.3) is 11.1 Å². The molecule has 3 aromatic rings. The Kier molecular flexibility index (Phi) is 7.24. The summed E-state index contributed by atoms with van der Waals surface area (Å²) >= 11 is 0. The molecule has 2 heterocycles. The molecular formula is C32H37N3O3. The van der Waals surface area contributed by atoms with E-state index in [1.54, 1.807) is 13.3 Å². The van der Waals surface area contributed by atoms with Gasteiger partial charge in [-0.3, -0.25) is 9.78 Å². The standard InChI is InChI=1S/C32H37N3O3/c1-32(2,3)34-31(37)35-16-14-26-25(22-7-5-9-24(17-22)38-4)12-10-21(29(26)20-35)11-13-30(36)28-18-27(28)23-8-6-15-33-19-23/h5-10,12,15,17,19,27-28H,11,13-14,16,18,20H2,1-4H3,(H,34,37)/t27-,28+/m1/s1. The minimum atomic E-state index is -0.301. The summed E-state index contributed by atoms with van der Waals surface area (Å²) in [7, 11) is 1.68. The Bertz CT molecular complexity index is 1330. The third kappa shape index (κ3) is 5.74. The topological polar surface area (TPSA) is 71.5 Å². The molecule has 1 aliphatic carbocycles. The largest absolute Gasteiger partial charge is 0.497 e. The minimum absolute atomic E-state index is 0.0470. The van der Waals surface area contributed by atoms with Crippen LogP contribution in [-0.4, -0.2) is 40.9 Å². The van der Waals surface area contributed by atoms with Gasteiger partial charge >= 0.3 is 6.03 Å². The number of carbonyl (C=O) groups excluding carboxylic acids is 2. The van der Waals surface area contributed by atoms with Crippen molar-refractivity contribution in [2.75, 3.05) is 13.7 Å². The van der Waals surface area contributed by atoms with Gasteiger partial charge in [0.15, 0.2) is 0 Å². The van der Waals surface area contributed by atoms with Gasteiger partial charge in [-0.1, -0.05) is 30.3 Å². The number of nitrogens with one attached hydrogen (secondary N) is 1. The highest BCUT2D eigenvalue weighted by Gasteiger charge is 2.43. The zero-order valence-corrected chi connectivity index (χ0v) is 22.8. The number of ether oxygens (including phenoxy) is 1. The van der Waals surface area contributed by atoms with Crippen molar-refractivity contribution < 1.29 is 14.3 Å². The van der Waals surface area contributed by atoms with E-state index in [1.807, 2.05) is 50.1 Å². The van der Waals surface area contributed by atoms with Gasteiger partial charge < -0.3 is 15.0 Å². The second kappa shape index (κ2) is 10.6. The van der Waals surface area contributed by atoms with Crippen LogP contribution in [0, 0.1) is 5.92 Å². The first kappa shape index (κ1) is 26.0. The van der Waals surface area contributed by atoms with E-state index < -0.39 is 0 Å². The first-order chi connectivity index (χ1) is 18.2. The van der Waals surface area contributed by atoms with Crippen LogP contribution >= 0.6 is 0 Å². The van der Waals surface area contributed by atoms with Crippen molar-refractivity contribution in [1.29, 1.82) is 0 Å². The van der Waals surface area contributed by atoms with Gasteiger partial charge in [0.2, 0.25) is 0 Å². The third-order valence-corrected chi connectivity index (χ3v) is 7.62. The van der Waals surface area contributed by atoms with Crippen LogP contribution in [0.4, 0.5) is 4.79 Å². The number of methoxy groups -OCH3 is 1. The lowest BCUT2D eigenvalue weighted by Crippen LogP contribution is -2.50. The Morgan fingerprint density at radius 3 is 2.68 bits per heavy atom. The van der Waals surface area contributed by atoms with Gasteiger partial charge in [-0.05, 0) is 97.5 Å². The number of amides is 2. The monoisotopic (exact) mass is 511 g/mol. The second-order valence-electron chi connectivity index (χ2n) is 11.5. The van der Waals surface area contributed by atoms with Crippen LogP contribution in [0.5, 0.6) is 5.75 Å². The number of pyridine rings is 1. The van der Waals surface area contributed by atoms with Crippen molar-refractivity contribution in [3.8, 4) is 16.9 Å². The number of ketones is 1. The number of carbonyl (C=O) groups is 2. The van der Waals surface area contributed by atoms with Gasteiger partial charge in [0.25, 0.3) is 0 Å². The third-order valence-electron chi connectivity index (χ3n) is 7.62. The molecule has 2 amide bonds. The predicted molar refractivity (Wildman–Crippen MR) is 149 cm³/mol. The Hall–Kier alpha value is -3.67. The SMILES string of the molecule is COc1cccc(-c2ccc(CCC(=O)[C@H]3C[C@@H]3c3cccnc3)c3c2CCN(C(=O)NC(C)(C)C)C3)c1. The van der Waals surface area contributed by atoms with E-state index in [4.69, 9.17) is 4.74 Å². The fourth-order valence-corrected chi connectivity index (χ4v) is 5.57. The summed E-state index contributed by atoms with van der Waals surface area (Å²) in [6, 6.07) is 16.4. The highest BCUT2D eigenvalue weighted by atomic mass is 16.5. The number of aryl methyl sites for hydroxylation is 1. The summed E-state index contributed by atoms with van der Waals surface area (Å²) in [4.78, 5) is 32.3. The van der Waals surface area contributed by atoms with Gasteiger partial charge in [-0.15, -0.1) is 0 Å². The second-order valence-corrected chi connectivity index (χ2v) is 11.5. The molecule has 38 heavy (non-hydrogen) atoms. The smallest absolute Gasteiger partial charge is 0.318 e. The number of nitrogens with zero attached hydrogens (tertiary/aromatic N) is 2. The molecule has 198 valence electrons. The van der Waals surface area contributed by atoms with Gasteiger partial charge in [0, 0.05) is 43.4 Å². The first-order valence-corrected chi connectivity index (χ1v) is 13.5. The van der Waals surface area contributed by atoms with E-state index in [1.165, 1.54) is 16.7 Å². The molecule has 2 atom stereocenters. The molecule has 0 radical (unpaired) electrons. The molecule has 0 unspecified atom stereocenters. The first-order valence-electron chi connectivity index (χ1n) is 13.5. The lowest BCUT2D eigenvalue weighted by atomic mass is 9.86. The van der Waals surface area contributed by atoms with Gasteiger partial charge in [-0.2, -0.15) is 0 Å².